The van der Waals surface area contributed by atoms with Crippen molar-refractivity contribution < 1.29 is 27.9 Å². The van der Waals surface area contributed by atoms with Crippen LogP contribution in [0.5, 0.6) is 0 Å². The number of hydrogen-bond acceptors (Lipinski definition) is 3. The van der Waals surface area contributed by atoms with E-state index in [1.807, 2.05) is 0 Å². The number of aromatic nitrogens is 2. The summed E-state index contributed by atoms with van der Waals surface area (Å²) in [6, 6.07) is 0. The summed E-state index contributed by atoms with van der Waals surface area (Å²) in [4.78, 5) is 25.2. The van der Waals surface area contributed by atoms with Gasteiger partial charge in [0.1, 0.15) is 6.54 Å². The molecule has 0 bridgehead atoms. The van der Waals surface area contributed by atoms with Gasteiger partial charge in [-0.2, -0.15) is 18.3 Å². The van der Waals surface area contributed by atoms with Gasteiger partial charge < -0.3 is 10.0 Å². The van der Waals surface area contributed by atoms with Crippen LogP contribution in [0.15, 0.2) is 0 Å². The summed E-state index contributed by atoms with van der Waals surface area (Å²) in [5.41, 5.74) is 1.25. The van der Waals surface area contributed by atoms with Gasteiger partial charge in [0.2, 0.25) is 5.91 Å². The molecule has 1 aliphatic heterocycles. The van der Waals surface area contributed by atoms with Crippen molar-refractivity contribution in [2.24, 2.45) is 5.92 Å². The molecule has 2 rings (SSSR count). The lowest BCUT2D eigenvalue weighted by atomic mass is 10.0. The van der Waals surface area contributed by atoms with Crippen LogP contribution in [-0.4, -0.2) is 50.9 Å². The molecule has 0 radical (unpaired) electrons. The predicted molar refractivity (Wildman–Crippen MR) is 83.0 cm³/mol. The van der Waals surface area contributed by atoms with E-state index in [-0.39, 0.29) is 12.3 Å². The predicted octanol–water partition coefficient (Wildman–Crippen LogP) is 2.32. The van der Waals surface area contributed by atoms with Crippen LogP contribution in [0.3, 0.4) is 0 Å². The number of rotatable bonds is 4. The highest BCUT2D eigenvalue weighted by molar-refractivity contribution is 5.79. The summed E-state index contributed by atoms with van der Waals surface area (Å²) >= 11 is 0. The van der Waals surface area contributed by atoms with Gasteiger partial charge in [0.05, 0.1) is 18.0 Å². The molecule has 1 aromatic heterocycles. The fraction of sp³-hybridized carbons (Fsp3) is 0.688. The van der Waals surface area contributed by atoms with Gasteiger partial charge in [-0.15, -0.1) is 0 Å². The minimum absolute atomic E-state index is 0.0206. The van der Waals surface area contributed by atoms with Crippen molar-refractivity contribution in [2.45, 2.75) is 52.3 Å². The van der Waals surface area contributed by atoms with Crippen LogP contribution in [-0.2, 0) is 22.6 Å². The number of halogens is 3. The Labute approximate surface area is 143 Å². The average Bonchev–Trinajstić information content (AvgIpc) is 2.71. The molecule has 0 aliphatic carbocycles. The van der Waals surface area contributed by atoms with E-state index in [2.05, 4.69) is 5.10 Å². The van der Waals surface area contributed by atoms with Gasteiger partial charge >= 0.3 is 12.1 Å². The van der Waals surface area contributed by atoms with E-state index in [0.717, 1.165) is 4.68 Å². The zero-order valence-electron chi connectivity index (χ0n) is 14.3. The van der Waals surface area contributed by atoms with E-state index >= 15 is 0 Å². The first-order valence-electron chi connectivity index (χ1n) is 8.18. The van der Waals surface area contributed by atoms with Gasteiger partial charge in [-0.3, -0.25) is 14.3 Å². The zero-order valence-corrected chi connectivity index (χ0v) is 14.3. The Kier molecular flexibility index (Phi) is 5.74. The molecule has 1 unspecified atom stereocenters. The van der Waals surface area contributed by atoms with Crippen molar-refractivity contribution in [2.75, 3.05) is 13.1 Å². The third-order valence-electron chi connectivity index (χ3n) is 4.62. The molecular weight excluding hydrogens is 339 g/mol. The smallest absolute Gasteiger partial charge is 0.408 e. The van der Waals surface area contributed by atoms with Crippen molar-refractivity contribution in [1.29, 1.82) is 0 Å². The van der Waals surface area contributed by atoms with Crippen molar-refractivity contribution >= 4 is 11.9 Å². The van der Waals surface area contributed by atoms with Crippen molar-refractivity contribution in [1.82, 2.24) is 14.7 Å². The first-order valence-corrected chi connectivity index (χ1v) is 8.18. The number of aryl methyl sites for hydroxylation is 1. The Hall–Kier alpha value is -2.06. The molecule has 6 nitrogen and oxygen atoms in total. The van der Waals surface area contributed by atoms with E-state index in [1.54, 1.807) is 11.8 Å². The van der Waals surface area contributed by atoms with Gasteiger partial charge in [-0.25, -0.2) is 0 Å². The number of nitrogens with zero attached hydrogens (tertiary/aromatic N) is 3. The van der Waals surface area contributed by atoms with E-state index in [0.29, 0.717) is 49.3 Å². The summed E-state index contributed by atoms with van der Waals surface area (Å²) < 4.78 is 38.6. The van der Waals surface area contributed by atoms with Crippen molar-refractivity contribution in [3.63, 3.8) is 0 Å². The van der Waals surface area contributed by atoms with E-state index in [1.165, 1.54) is 6.92 Å². The van der Waals surface area contributed by atoms with Gasteiger partial charge in [0.25, 0.3) is 0 Å². The van der Waals surface area contributed by atoms with Crippen LogP contribution in [0, 0.1) is 19.8 Å². The molecule has 1 atom stereocenters. The highest BCUT2D eigenvalue weighted by atomic mass is 19.4. The zero-order chi connectivity index (χ0) is 18.8. The average molecular weight is 361 g/mol. The SMILES string of the molecule is Cc1nn(CC(F)(F)F)c(C)c1CC(=O)N1CCCC(C(=O)O)CC1. The molecule has 2 heterocycles. The quantitative estimate of drug-likeness (QED) is 0.893. The normalized spacial score (nSPS) is 18.9. The van der Waals surface area contributed by atoms with Crippen LogP contribution >= 0.6 is 0 Å². The number of likely N-dealkylation sites (tertiary alicyclic amines) is 1. The Bertz CT molecular complexity index is 655. The molecule has 25 heavy (non-hydrogen) atoms. The molecule has 1 saturated heterocycles. The molecule has 1 aromatic rings. The third-order valence-corrected chi connectivity index (χ3v) is 4.62. The first kappa shape index (κ1) is 19.3. The molecule has 0 aromatic carbocycles. The Morgan fingerprint density at radius 1 is 1.24 bits per heavy atom. The second kappa shape index (κ2) is 7.45. The van der Waals surface area contributed by atoms with Crippen LogP contribution in [0.25, 0.3) is 0 Å². The number of alkyl halides is 3. The summed E-state index contributed by atoms with van der Waals surface area (Å²) in [5.74, 6) is -1.51. The van der Waals surface area contributed by atoms with E-state index in [4.69, 9.17) is 5.11 Å². The van der Waals surface area contributed by atoms with Gasteiger partial charge in [0.15, 0.2) is 0 Å². The lowest BCUT2D eigenvalue weighted by Crippen LogP contribution is -2.33. The number of amides is 1. The lowest BCUT2D eigenvalue weighted by Gasteiger charge is -2.20. The summed E-state index contributed by atoms with van der Waals surface area (Å²) in [6.07, 6.45) is -2.87. The Balaban J connectivity index is 2.06. The van der Waals surface area contributed by atoms with Gasteiger partial charge in [-0.1, -0.05) is 0 Å². The fourth-order valence-corrected chi connectivity index (χ4v) is 3.17. The monoisotopic (exact) mass is 361 g/mol. The lowest BCUT2D eigenvalue weighted by molar-refractivity contribution is -0.143. The maximum atomic E-state index is 12.6. The second-order valence-corrected chi connectivity index (χ2v) is 6.45. The highest BCUT2D eigenvalue weighted by Gasteiger charge is 2.31. The van der Waals surface area contributed by atoms with Crippen molar-refractivity contribution in [3.8, 4) is 0 Å². The standard InChI is InChI=1S/C16H22F3N3O3/c1-10-13(11(2)22(20-10)9-16(17,18)19)8-14(23)21-6-3-4-12(5-7-21)15(24)25/h12H,3-9H2,1-2H3,(H,24,25). The largest absolute Gasteiger partial charge is 0.481 e. The minimum atomic E-state index is -4.37. The minimum Gasteiger partial charge on any atom is -0.481 e. The van der Waals surface area contributed by atoms with Crippen molar-refractivity contribution in [3.05, 3.63) is 17.0 Å². The second-order valence-electron chi connectivity index (χ2n) is 6.45. The number of aliphatic carboxylic acids is 1. The molecule has 9 heteroatoms. The molecule has 140 valence electrons. The first-order chi connectivity index (χ1) is 11.6. The Morgan fingerprint density at radius 3 is 2.52 bits per heavy atom. The summed E-state index contributed by atoms with van der Waals surface area (Å²) in [7, 11) is 0. The third kappa shape index (κ3) is 4.96. The number of carboxylic acid groups (broad SMARTS) is 1. The molecule has 0 saturated carbocycles. The van der Waals surface area contributed by atoms with E-state index in [9.17, 15) is 22.8 Å². The number of carboxylic acids is 1. The molecule has 1 N–H and O–H groups in total. The number of hydrogen-bond donors (Lipinski definition) is 1. The highest BCUT2D eigenvalue weighted by Crippen LogP contribution is 2.23. The Morgan fingerprint density at radius 2 is 1.92 bits per heavy atom. The topological polar surface area (TPSA) is 75.4 Å². The molecular formula is C16H22F3N3O3. The van der Waals surface area contributed by atoms with Gasteiger partial charge in [-0.05, 0) is 33.1 Å². The van der Waals surface area contributed by atoms with Crippen LogP contribution in [0.1, 0.15) is 36.2 Å². The van der Waals surface area contributed by atoms with Crippen LogP contribution in [0.4, 0.5) is 13.2 Å². The van der Waals surface area contributed by atoms with E-state index < -0.39 is 24.6 Å². The number of carbonyl (C=O) groups excluding carboxylic acids is 1. The van der Waals surface area contributed by atoms with Crippen LogP contribution in [0.2, 0.25) is 0 Å². The number of carbonyl (C=O) groups is 2. The summed E-state index contributed by atoms with van der Waals surface area (Å²) in [6.45, 7) is 2.75. The molecule has 1 fully saturated rings. The maximum absolute atomic E-state index is 12.6. The molecule has 1 amide bonds. The summed E-state index contributed by atoms with van der Waals surface area (Å²) in [5, 5.41) is 13.0. The fourth-order valence-electron chi connectivity index (χ4n) is 3.17. The van der Waals surface area contributed by atoms with Gasteiger partial charge in [0, 0.05) is 24.3 Å². The maximum Gasteiger partial charge on any atom is 0.408 e. The molecule has 0 spiro atoms. The molecule has 1 aliphatic rings. The van der Waals surface area contributed by atoms with Crippen LogP contribution < -0.4 is 0 Å².